The van der Waals surface area contributed by atoms with Gasteiger partial charge in [-0.3, -0.25) is 14.4 Å². The molecular weight excluding hydrogens is 374 g/mol. The molecule has 1 aromatic carbocycles. The SMILES string of the molecule is CCN(CC)C(=O)COC(=O)CNC(=O)CNS(=O)(=O)c1ccc(C)cc1. The van der Waals surface area contributed by atoms with Crippen molar-refractivity contribution in [2.45, 2.75) is 25.7 Å². The molecule has 2 amide bonds. The van der Waals surface area contributed by atoms with Gasteiger partial charge in [0.2, 0.25) is 15.9 Å². The third kappa shape index (κ3) is 7.75. The number of sulfonamides is 1. The van der Waals surface area contributed by atoms with Crippen LogP contribution in [0.2, 0.25) is 0 Å². The highest BCUT2D eigenvalue weighted by Crippen LogP contribution is 2.09. The third-order valence-electron chi connectivity index (χ3n) is 3.66. The van der Waals surface area contributed by atoms with Crippen molar-refractivity contribution < 1.29 is 27.5 Å². The number of likely N-dealkylation sites (N-methyl/N-ethyl adjacent to an activating group) is 1. The van der Waals surface area contributed by atoms with Crippen molar-refractivity contribution in [3.8, 4) is 0 Å². The van der Waals surface area contributed by atoms with Crippen molar-refractivity contribution in [1.82, 2.24) is 14.9 Å². The molecule has 0 aliphatic rings. The number of esters is 1. The second kappa shape index (κ2) is 10.6. The molecule has 0 unspecified atom stereocenters. The molecule has 0 aromatic heterocycles. The molecule has 1 rings (SSSR count). The normalized spacial score (nSPS) is 10.9. The van der Waals surface area contributed by atoms with Crippen LogP contribution in [0, 0.1) is 6.92 Å². The Balaban J connectivity index is 2.37. The van der Waals surface area contributed by atoms with Crippen LogP contribution in [0.5, 0.6) is 0 Å². The first-order chi connectivity index (χ1) is 12.7. The Labute approximate surface area is 159 Å². The van der Waals surface area contributed by atoms with Crippen molar-refractivity contribution in [3.63, 3.8) is 0 Å². The van der Waals surface area contributed by atoms with E-state index in [1.165, 1.54) is 17.0 Å². The number of nitrogens with one attached hydrogen (secondary N) is 2. The van der Waals surface area contributed by atoms with Crippen molar-refractivity contribution in [3.05, 3.63) is 29.8 Å². The van der Waals surface area contributed by atoms with Gasteiger partial charge < -0.3 is 15.0 Å². The lowest BCUT2D eigenvalue weighted by molar-refractivity contribution is -0.151. The number of rotatable bonds is 10. The molecule has 0 aliphatic heterocycles. The van der Waals surface area contributed by atoms with Crippen LogP contribution in [0.15, 0.2) is 29.2 Å². The van der Waals surface area contributed by atoms with E-state index in [2.05, 4.69) is 10.0 Å². The lowest BCUT2D eigenvalue weighted by Crippen LogP contribution is -2.40. The van der Waals surface area contributed by atoms with Crippen LogP contribution in [-0.4, -0.2) is 63.9 Å². The molecule has 1 aromatic rings. The summed E-state index contributed by atoms with van der Waals surface area (Å²) >= 11 is 0. The second-order valence-electron chi connectivity index (χ2n) is 5.64. The van der Waals surface area contributed by atoms with Crippen LogP contribution in [0.1, 0.15) is 19.4 Å². The molecule has 0 spiro atoms. The van der Waals surface area contributed by atoms with E-state index in [1.807, 2.05) is 6.92 Å². The summed E-state index contributed by atoms with van der Waals surface area (Å²) in [6.45, 7) is 5.05. The van der Waals surface area contributed by atoms with Crippen LogP contribution >= 0.6 is 0 Å². The van der Waals surface area contributed by atoms with E-state index in [0.717, 1.165) is 5.56 Å². The summed E-state index contributed by atoms with van der Waals surface area (Å²) in [6, 6.07) is 6.15. The topological polar surface area (TPSA) is 122 Å². The fourth-order valence-electron chi connectivity index (χ4n) is 2.06. The minimum absolute atomic E-state index is 0.0372. The quantitative estimate of drug-likeness (QED) is 0.526. The second-order valence-corrected chi connectivity index (χ2v) is 7.41. The summed E-state index contributed by atoms with van der Waals surface area (Å²) in [7, 11) is -3.82. The molecule has 0 bridgehead atoms. The Hall–Kier alpha value is -2.46. The van der Waals surface area contributed by atoms with E-state index in [4.69, 9.17) is 4.74 Å². The van der Waals surface area contributed by atoms with Crippen LogP contribution in [-0.2, 0) is 29.1 Å². The average Bonchev–Trinajstić information content (AvgIpc) is 2.64. The summed E-state index contributed by atoms with van der Waals surface area (Å²) in [4.78, 5) is 36.5. The van der Waals surface area contributed by atoms with Crippen molar-refractivity contribution in [2.24, 2.45) is 0 Å². The average molecular weight is 399 g/mol. The fraction of sp³-hybridized carbons (Fsp3) is 0.471. The minimum Gasteiger partial charge on any atom is -0.454 e. The van der Waals surface area contributed by atoms with Gasteiger partial charge in [-0.15, -0.1) is 0 Å². The Bertz CT molecular complexity index is 757. The van der Waals surface area contributed by atoms with E-state index >= 15 is 0 Å². The van der Waals surface area contributed by atoms with E-state index in [9.17, 15) is 22.8 Å². The van der Waals surface area contributed by atoms with Gasteiger partial charge in [-0.1, -0.05) is 17.7 Å². The molecule has 0 saturated carbocycles. The zero-order valence-electron chi connectivity index (χ0n) is 15.6. The molecule has 2 N–H and O–H groups in total. The molecule has 0 radical (unpaired) electrons. The molecule has 0 saturated heterocycles. The van der Waals surface area contributed by atoms with Crippen molar-refractivity contribution in [2.75, 3.05) is 32.8 Å². The highest BCUT2D eigenvalue weighted by Gasteiger charge is 2.16. The number of hydrogen-bond acceptors (Lipinski definition) is 6. The first-order valence-electron chi connectivity index (χ1n) is 8.46. The predicted octanol–water partition coefficient (Wildman–Crippen LogP) is -0.199. The largest absolute Gasteiger partial charge is 0.454 e. The number of nitrogens with zero attached hydrogens (tertiary/aromatic N) is 1. The number of aryl methyl sites for hydroxylation is 1. The summed E-state index contributed by atoms with van der Waals surface area (Å²) in [6.07, 6.45) is 0. The zero-order valence-corrected chi connectivity index (χ0v) is 16.5. The highest BCUT2D eigenvalue weighted by molar-refractivity contribution is 7.89. The molecule has 0 fully saturated rings. The van der Waals surface area contributed by atoms with Crippen molar-refractivity contribution >= 4 is 27.8 Å². The third-order valence-corrected chi connectivity index (χ3v) is 5.07. The number of carbonyl (C=O) groups excluding carboxylic acids is 3. The summed E-state index contributed by atoms with van der Waals surface area (Å²) in [5.41, 5.74) is 0.907. The predicted molar refractivity (Wildman–Crippen MR) is 98.3 cm³/mol. The van der Waals surface area contributed by atoms with Gasteiger partial charge in [0.05, 0.1) is 11.4 Å². The van der Waals surface area contributed by atoms with Gasteiger partial charge in [0.15, 0.2) is 6.61 Å². The number of benzene rings is 1. The molecule has 9 nitrogen and oxygen atoms in total. The van der Waals surface area contributed by atoms with E-state index < -0.39 is 41.6 Å². The molecule has 0 aliphatic carbocycles. The standard InChI is InChI=1S/C17H25N3O6S/c1-4-20(5-2)16(22)12-26-17(23)11-18-15(21)10-19-27(24,25)14-8-6-13(3)7-9-14/h6-9,19H,4-5,10-12H2,1-3H3,(H,18,21). The van der Waals surface area contributed by atoms with Crippen LogP contribution in [0.25, 0.3) is 0 Å². The lowest BCUT2D eigenvalue weighted by atomic mass is 10.2. The Morgan fingerprint density at radius 1 is 1.04 bits per heavy atom. The molecule has 150 valence electrons. The highest BCUT2D eigenvalue weighted by atomic mass is 32.2. The maximum atomic E-state index is 12.1. The van der Waals surface area contributed by atoms with Gasteiger partial charge in [0.1, 0.15) is 6.54 Å². The molecule has 10 heteroatoms. The van der Waals surface area contributed by atoms with Crippen molar-refractivity contribution in [1.29, 1.82) is 0 Å². The fourth-order valence-corrected chi connectivity index (χ4v) is 3.04. The van der Waals surface area contributed by atoms with Gasteiger partial charge in [0, 0.05) is 13.1 Å². The van der Waals surface area contributed by atoms with Gasteiger partial charge >= 0.3 is 5.97 Å². The monoisotopic (exact) mass is 399 g/mol. The smallest absolute Gasteiger partial charge is 0.325 e. The molecule has 0 heterocycles. The first-order valence-corrected chi connectivity index (χ1v) is 9.94. The Morgan fingerprint density at radius 2 is 1.63 bits per heavy atom. The van der Waals surface area contributed by atoms with Crippen LogP contribution < -0.4 is 10.0 Å². The first kappa shape index (κ1) is 22.6. The maximum Gasteiger partial charge on any atom is 0.325 e. The lowest BCUT2D eigenvalue weighted by Gasteiger charge is -2.18. The van der Waals surface area contributed by atoms with Gasteiger partial charge in [-0.25, -0.2) is 13.1 Å². The van der Waals surface area contributed by atoms with Gasteiger partial charge in [0.25, 0.3) is 5.91 Å². The number of ether oxygens (including phenoxy) is 1. The van der Waals surface area contributed by atoms with Gasteiger partial charge in [-0.2, -0.15) is 0 Å². The van der Waals surface area contributed by atoms with Crippen LogP contribution in [0.3, 0.4) is 0 Å². The minimum atomic E-state index is -3.82. The summed E-state index contributed by atoms with van der Waals surface area (Å²) in [5, 5.41) is 2.23. The van der Waals surface area contributed by atoms with Crippen LogP contribution in [0.4, 0.5) is 0 Å². The maximum absolute atomic E-state index is 12.1. The zero-order chi connectivity index (χ0) is 20.4. The van der Waals surface area contributed by atoms with E-state index in [0.29, 0.717) is 13.1 Å². The Kier molecular flexibility index (Phi) is 8.89. The molecular formula is C17H25N3O6S. The summed E-state index contributed by atoms with van der Waals surface area (Å²) in [5.74, 6) is -1.81. The number of carbonyl (C=O) groups is 3. The number of amides is 2. The van der Waals surface area contributed by atoms with E-state index in [1.54, 1.807) is 26.0 Å². The summed E-state index contributed by atoms with van der Waals surface area (Å²) < 4.78 is 31.0. The molecule has 0 atom stereocenters. The number of hydrogen-bond donors (Lipinski definition) is 2. The Morgan fingerprint density at radius 3 is 2.19 bits per heavy atom. The van der Waals surface area contributed by atoms with Gasteiger partial charge in [-0.05, 0) is 32.9 Å². The molecule has 27 heavy (non-hydrogen) atoms. The van der Waals surface area contributed by atoms with E-state index in [-0.39, 0.29) is 10.8 Å².